The molecule has 0 radical (unpaired) electrons. The van der Waals surface area contributed by atoms with Crippen LogP contribution in [0.15, 0.2) is 52.3 Å². The molecule has 6 heteroatoms. The maximum atomic E-state index is 13.1. The van der Waals surface area contributed by atoms with Crippen molar-refractivity contribution in [1.82, 2.24) is 5.32 Å². The zero-order chi connectivity index (χ0) is 18.3. The number of anilines is 1. The van der Waals surface area contributed by atoms with Gasteiger partial charge in [0.1, 0.15) is 5.75 Å². The second-order valence-corrected chi connectivity index (χ2v) is 8.96. The molecule has 0 saturated carbocycles. The fourth-order valence-corrected chi connectivity index (χ4v) is 5.54. The molecule has 2 atom stereocenters. The molecule has 0 amide bonds. The molecule has 0 spiro atoms. The van der Waals surface area contributed by atoms with E-state index in [2.05, 4.69) is 17.3 Å². The van der Waals surface area contributed by atoms with Gasteiger partial charge in [-0.2, -0.15) is 0 Å². The first-order chi connectivity index (χ1) is 12.5. The lowest BCUT2D eigenvalue weighted by Gasteiger charge is -2.24. The third-order valence-electron chi connectivity index (χ3n) is 5.67. The van der Waals surface area contributed by atoms with Crippen LogP contribution in [0.4, 0.5) is 5.69 Å². The lowest BCUT2D eigenvalue weighted by molar-refractivity contribution is 0.414. The second-order valence-electron chi connectivity index (χ2n) is 7.01. The van der Waals surface area contributed by atoms with Gasteiger partial charge in [0.05, 0.1) is 16.9 Å². The number of hydrogen-bond acceptors (Lipinski definition) is 5. The normalized spacial score (nSPS) is 22.5. The number of fused-ring (bicyclic) bond motifs is 3. The van der Waals surface area contributed by atoms with Gasteiger partial charge in [0, 0.05) is 24.7 Å². The van der Waals surface area contributed by atoms with Crippen molar-refractivity contribution in [3.05, 3.63) is 48.0 Å². The summed E-state index contributed by atoms with van der Waals surface area (Å²) in [5.41, 5.74) is 2.33. The molecular weight excluding hydrogens is 348 g/mol. The Labute approximate surface area is 154 Å². The summed E-state index contributed by atoms with van der Waals surface area (Å²) in [6, 6.07) is 12.6. The molecule has 26 heavy (non-hydrogen) atoms. The van der Waals surface area contributed by atoms with Gasteiger partial charge in [0.25, 0.3) is 0 Å². The van der Waals surface area contributed by atoms with Crippen molar-refractivity contribution in [3.8, 4) is 5.75 Å². The number of hydrogen-bond donors (Lipinski definition) is 1. The lowest BCUT2D eigenvalue weighted by Crippen LogP contribution is -2.30. The van der Waals surface area contributed by atoms with Crippen molar-refractivity contribution in [2.75, 3.05) is 32.1 Å². The van der Waals surface area contributed by atoms with Crippen LogP contribution in [-0.4, -0.2) is 41.7 Å². The minimum absolute atomic E-state index is 0.295. The topological polar surface area (TPSA) is 58.6 Å². The molecule has 1 N–H and O–H groups in total. The molecule has 0 aliphatic carbocycles. The maximum absolute atomic E-state index is 13.1. The van der Waals surface area contributed by atoms with E-state index in [9.17, 15) is 8.42 Å². The fourth-order valence-electron chi connectivity index (χ4n) is 4.24. The average Bonchev–Trinajstić information content (AvgIpc) is 2.83. The Bertz CT molecular complexity index is 909. The first-order valence-electron chi connectivity index (χ1n) is 8.99. The first kappa shape index (κ1) is 17.4. The SMILES string of the molecule is COc1ccc(S(=O)(=O)c2ccc3c(c2)[C@H]2CCNCCC2N3C)cc1. The van der Waals surface area contributed by atoms with Gasteiger partial charge >= 0.3 is 0 Å². The highest BCUT2D eigenvalue weighted by Gasteiger charge is 2.37. The molecule has 0 aromatic heterocycles. The Balaban J connectivity index is 1.74. The molecule has 1 saturated heterocycles. The minimum Gasteiger partial charge on any atom is -0.497 e. The fraction of sp³-hybridized carbons (Fsp3) is 0.400. The smallest absolute Gasteiger partial charge is 0.206 e. The van der Waals surface area contributed by atoms with E-state index in [0.29, 0.717) is 27.5 Å². The van der Waals surface area contributed by atoms with E-state index < -0.39 is 9.84 Å². The van der Waals surface area contributed by atoms with Gasteiger partial charge in [-0.1, -0.05) is 0 Å². The average molecular weight is 372 g/mol. The van der Waals surface area contributed by atoms with E-state index >= 15 is 0 Å². The highest BCUT2D eigenvalue weighted by Crippen LogP contribution is 2.44. The van der Waals surface area contributed by atoms with Crippen molar-refractivity contribution < 1.29 is 13.2 Å². The van der Waals surface area contributed by atoms with Crippen molar-refractivity contribution in [1.29, 1.82) is 0 Å². The number of rotatable bonds is 3. The van der Waals surface area contributed by atoms with Gasteiger partial charge in [-0.15, -0.1) is 0 Å². The summed E-state index contributed by atoms with van der Waals surface area (Å²) in [6.45, 7) is 1.99. The number of benzene rings is 2. The Hall–Kier alpha value is -2.05. The monoisotopic (exact) mass is 372 g/mol. The summed E-state index contributed by atoms with van der Waals surface area (Å²) >= 11 is 0. The Morgan fingerprint density at radius 3 is 2.46 bits per heavy atom. The van der Waals surface area contributed by atoms with E-state index in [1.54, 1.807) is 37.4 Å². The number of likely N-dealkylation sites (N-methyl/N-ethyl adjacent to an activating group) is 1. The van der Waals surface area contributed by atoms with Crippen molar-refractivity contribution >= 4 is 15.5 Å². The van der Waals surface area contributed by atoms with Crippen LogP contribution in [0.3, 0.4) is 0 Å². The van der Waals surface area contributed by atoms with Crippen LogP contribution >= 0.6 is 0 Å². The first-order valence-corrected chi connectivity index (χ1v) is 10.5. The van der Waals surface area contributed by atoms with Gasteiger partial charge in [-0.25, -0.2) is 8.42 Å². The highest BCUT2D eigenvalue weighted by atomic mass is 32.2. The Morgan fingerprint density at radius 1 is 1.04 bits per heavy atom. The molecular formula is C20H24N2O3S. The number of methoxy groups -OCH3 is 1. The second kappa shape index (κ2) is 6.59. The Morgan fingerprint density at radius 2 is 1.73 bits per heavy atom. The molecule has 2 aliphatic heterocycles. The van der Waals surface area contributed by atoms with Crippen LogP contribution in [0.25, 0.3) is 0 Å². The van der Waals surface area contributed by atoms with Gasteiger partial charge in [-0.05, 0) is 74.0 Å². The summed E-state index contributed by atoms with van der Waals surface area (Å²) in [5.74, 6) is 1.03. The van der Waals surface area contributed by atoms with Crippen molar-refractivity contribution in [2.45, 2.75) is 34.6 Å². The van der Waals surface area contributed by atoms with Gasteiger partial charge < -0.3 is 15.0 Å². The molecule has 0 bridgehead atoms. The molecule has 2 aromatic carbocycles. The van der Waals surface area contributed by atoms with E-state index in [-0.39, 0.29) is 0 Å². The molecule has 2 heterocycles. The van der Waals surface area contributed by atoms with E-state index in [0.717, 1.165) is 37.2 Å². The van der Waals surface area contributed by atoms with Crippen LogP contribution < -0.4 is 15.0 Å². The zero-order valence-electron chi connectivity index (χ0n) is 15.1. The molecule has 2 aliphatic rings. The predicted molar refractivity (Wildman–Crippen MR) is 102 cm³/mol. The minimum atomic E-state index is -3.54. The quantitative estimate of drug-likeness (QED) is 0.898. The van der Waals surface area contributed by atoms with E-state index in [1.165, 1.54) is 0 Å². The standard InChI is InChI=1S/C20H24N2O3S/c1-22-19-8-7-16(13-18(19)17-9-11-21-12-10-20(17)22)26(23,24)15-5-3-14(25-2)4-6-15/h3-8,13,17,20-21H,9-12H2,1-2H3/t17-,20?/m1/s1. The van der Waals surface area contributed by atoms with Gasteiger partial charge in [0.15, 0.2) is 0 Å². The van der Waals surface area contributed by atoms with E-state index in [4.69, 9.17) is 4.74 Å². The number of sulfone groups is 1. The summed E-state index contributed by atoms with van der Waals surface area (Å²) < 4.78 is 31.3. The zero-order valence-corrected chi connectivity index (χ0v) is 15.9. The van der Waals surface area contributed by atoms with Crippen LogP contribution in [0.1, 0.15) is 24.3 Å². The van der Waals surface area contributed by atoms with Crippen molar-refractivity contribution in [2.24, 2.45) is 0 Å². The van der Waals surface area contributed by atoms with Gasteiger partial charge in [0.2, 0.25) is 9.84 Å². The van der Waals surface area contributed by atoms with Crippen LogP contribution in [0.5, 0.6) is 5.75 Å². The predicted octanol–water partition coefficient (Wildman–Crippen LogP) is 2.81. The molecule has 1 unspecified atom stereocenters. The number of ether oxygens (including phenoxy) is 1. The van der Waals surface area contributed by atoms with Crippen LogP contribution in [-0.2, 0) is 9.84 Å². The molecule has 1 fully saturated rings. The van der Waals surface area contributed by atoms with Crippen molar-refractivity contribution in [3.63, 3.8) is 0 Å². The van der Waals surface area contributed by atoms with E-state index in [1.807, 2.05) is 12.1 Å². The summed E-state index contributed by atoms with van der Waals surface area (Å²) in [6.07, 6.45) is 2.12. The van der Waals surface area contributed by atoms with Gasteiger partial charge in [-0.3, -0.25) is 0 Å². The summed E-state index contributed by atoms with van der Waals surface area (Å²) in [4.78, 5) is 2.98. The Kier molecular flexibility index (Phi) is 4.40. The number of nitrogens with zero attached hydrogens (tertiary/aromatic N) is 1. The largest absolute Gasteiger partial charge is 0.497 e. The van der Waals surface area contributed by atoms with Crippen LogP contribution in [0.2, 0.25) is 0 Å². The molecule has 138 valence electrons. The van der Waals surface area contributed by atoms with Crippen LogP contribution in [0, 0.1) is 0 Å². The summed E-state index contributed by atoms with van der Waals surface area (Å²) in [7, 11) is 0.146. The molecule has 2 aromatic rings. The maximum Gasteiger partial charge on any atom is 0.206 e. The number of nitrogens with one attached hydrogen (secondary N) is 1. The lowest BCUT2D eigenvalue weighted by atomic mass is 9.91. The molecule has 4 rings (SSSR count). The third kappa shape index (κ3) is 2.77. The molecule has 5 nitrogen and oxygen atoms in total. The summed E-state index contributed by atoms with van der Waals surface area (Å²) in [5, 5.41) is 3.45. The highest BCUT2D eigenvalue weighted by molar-refractivity contribution is 7.91. The third-order valence-corrected chi connectivity index (χ3v) is 7.44.